The molecule has 4 nitrogen and oxygen atoms in total. The summed E-state index contributed by atoms with van der Waals surface area (Å²) in [6.07, 6.45) is -5.00. The highest BCUT2D eigenvalue weighted by atomic mass is 79.9. The molecule has 0 bridgehead atoms. The zero-order valence-corrected chi connectivity index (χ0v) is 10.5. The van der Waals surface area contributed by atoms with E-state index in [1.807, 2.05) is 0 Å². The third kappa shape index (κ3) is 3.02. The number of nitro groups is 1. The molecule has 0 saturated carbocycles. The van der Waals surface area contributed by atoms with Crippen LogP contribution < -0.4 is 4.74 Å². The van der Waals surface area contributed by atoms with Gasteiger partial charge >= 0.3 is 16.6 Å². The van der Waals surface area contributed by atoms with Crippen molar-refractivity contribution in [1.29, 1.82) is 0 Å². The molecule has 0 heterocycles. The minimum absolute atomic E-state index is 0.583. The minimum atomic E-state index is -5.00. The maximum Gasteiger partial charge on any atom is 0.475 e. The molecular weight excluding hydrogens is 349 g/mol. The number of rotatable bonds is 4. The van der Waals surface area contributed by atoms with Crippen LogP contribution in [0.15, 0.2) is 18.2 Å². The molecule has 0 N–H and O–H groups in total. The number of hydrogen-bond acceptors (Lipinski definition) is 3. The predicted molar refractivity (Wildman–Crippen MR) is 57.6 cm³/mol. The molecule has 100 valence electrons. The van der Waals surface area contributed by atoms with Crippen LogP contribution in [0.3, 0.4) is 0 Å². The third-order valence-corrected chi connectivity index (χ3v) is 2.46. The van der Waals surface area contributed by atoms with E-state index in [-0.39, 0.29) is 0 Å². The number of ether oxygens (including phenoxy) is 1. The smallest absolute Gasteiger partial charge is 0.418 e. The monoisotopic (exact) mass is 351 g/mol. The molecule has 1 aromatic rings. The van der Waals surface area contributed by atoms with Gasteiger partial charge in [-0.05, 0) is 6.07 Å². The van der Waals surface area contributed by atoms with Crippen molar-refractivity contribution in [1.82, 2.24) is 0 Å². The van der Waals surface area contributed by atoms with Crippen LogP contribution in [0.25, 0.3) is 0 Å². The quantitative estimate of drug-likeness (QED) is 0.353. The number of halogens is 6. The Hall–Kier alpha value is -1.09. The highest BCUT2D eigenvalue weighted by Gasteiger charge is 2.58. The number of benzene rings is 1. The Morgan fingerprint density at radius 2 is 1.89 bits per heavy atom. The topological polar surface area (TPSA) is 52.4 Å². The van der Waals surface area contributed by atoms with Crippen LogP contribution in [-0.2, 0) is 0 Å². The van der Waals surface area contributed by atoms with Gasteiger partial charge in [-0.2, -0.15) is 17.6 Å². The van der Waals surface area contributed by atoms with Crippen molar-refractivity contribution in [3.8, 4) is 5.75 Å². The van der Waals surface area contributed by atoms with Crippen LogP contribution >= 0.6 is 27.5 Å². The molecule has 1 aromatic carbocycles. The van der Waals surface area contributed by atoms with E-state index in [0.717, 1.165) is 18.2 Å². The van der Waals surface area contributed by atoms with Gasteiger partial charge in [0.05, 0.1) is 9.95 Å². The average molecular weight is 352 g/mol. The Labute approximate surface area is 111 Å². The first kappa shape index (κ1) is 15.0. The fraction of sp³-hybridized carbons (Fsp3) is 0.250. The van der Waals surface area contributed by atoms with E-state index in [1.165, 1.54) is 15.9 Å². The molecule has 0 saturated heterocycles. The Kier molecular flexibility index (Phi) is 4.06. The fourth-order valence-electron chi connectivity index (χ4n) is 0.928. The van der Waals surface area contributed by atoms with E-state index in [2.05, 4.69) is 4.74 Å². The maximum absolute atomic E-state index is 12.9. The highest BCUT2D eigenvalue weighted by molar-refractivity contribution is 9.10. The summed E-state index contributed by atoms with van der Waals surface area (Å²) in [6, 6.07) is 2.88. The molecule has 0 spiro atoms. The molecule has 0 amide bonds. The van der Waals surface area contributed by atoms with E-state index < -0.39 is 32.3 Å². The average Bonchev–Trinajstić information content (AvgIpc) is 2.18. The van der Waals surface area contributed by atoms with Crippen molar-refractivity contribution < 1.29 is 27.2 Å². The molecular formula is C8H3BrClF4NO3. The SMILES string of the molecule is O=[N+]([O-])c1cccc(Cl)c1OC(F)(F)C(F)(F)Br. The van der Waals surface area contributed by atoms with Gasteiger partial charge in [0.1, 0.15) is 0 Å². The summed E-state index contributed by atoms with van der Waals surface area (Å²) in [5, 5.41) is 9.95. The van der Waals surface area contributed by atoms with Crippen LogP contribution in [0.1, 0.15) is 0 Å². The molecule has 0 aliphatic rings. The molecule has 0 aromatic heterocycles. The number of nitrogens with zero attached hydrogens (tertiary/aromatic N) is 1. The van der Waals surface area contributed by atoms with Crippen LogP contribution in [0.4, 0.5) is 23.2 Å². The number of alkyl halides is 5. The normalized spacial score (nSPS) is 12.3. The number of hydrogen-bond donors (Lipinski definition) is 0. The molecule has 0 unspecified atom stereocenters. The van der Waals surface area contributed by atoms with Crippen LogP contribution in [-0.4, -0.2) is 15.9 Å². The summed E-state index contributed by atoms with van der Waals surface area (Å²) in [6.45, 7) is 0. The van der Waals surface area contributed by atoms with Crippen LogP contribution in [0.2, 0.25) is 5.02 Å². The van der Waals surface area contributed by atoms with Gasteiger partial charge in [0.2, 0.25) is 5.75 Å². The lowest BCUT2D eigenvalue weighted by Crippen LogP contribution is -2.40. The lowest BCUT2D eigenvalue weighted by atomic mass is 10.3. The lowest BCUT2D eigenvalue weighted by Gasteiger charge is -2.22. The molecule has 0 aliphatic carbocycles. The van der Waals surface area contributed by atoms with Gasteiger partial charge < -0.3 is 4.74 Å². The van der Waals surface area contributed by atoms with Gasteiger partial charge in [-0.15, -0.1) is 0 Å². The first-order chi connectivity index (χ1) is 8.06. The molecule has 1 rings (SSSR count). The van der Waals surface area contributed by atoms with E-state index in [0.29, 0.717) is 0 Å². The second-order valence-corrected chi connectivity index (χ2v) is 4.36. The van der Waals surface area contributed by atoms with Crippen molar-refractivity contribution >= 4 is 33.2 Å². The molecule has 18 heavy (non-hydrogen) atoms. The number of para-hydroxylation sites is 1. The first-order valence-electron chi connectivity index (χ1n) is 4.12. The minimum Gasteiger partial charge on any atom is -0.418 e. The predicted octanol–water partition coefficient (Wildman–Crippen LogP) is 4.21. The van der Waals surface area contributed by atoms with E-state index >= 15 is 0 Å². The van der Waals surface area contributed by atoms with Gasteiger partial charge in [-0.1, -0.05) is 17.7 Å². The summed E-state index contributed by atoms with van der Waals surface area (Å²) in [5.41, 5.74) is -0.945. The molecule has 10 heteroatoms. The highest BCUT2D eigenvalue weighted by Crippen LogP contribution is 2.44. The summed E-state index contributed by atoms with van der Waals surface area (Å²) < 4.78 is 54.5. The zero-order chi connectivity index (χ0) is 14.1. The second kappa shape index (κ2) is 4.88. The zero-order valence-electron chi connectivity index (χ0n) is 8.17. The summed E-state index contributed by atoms with van der Waals surface area (Å²) in [5.74, 6) is -1.13. The van der Waals surface area contributed by atoms with Crippen molar-refractivity contribution in [3.05, 3.63) is 33.3 Å². The van der Waals surface area contributed by atoms with Gasteiger partial charge in [0.25, 0.3) is 0 Å². The van der Waals surface area contributed by atoms with Crippen LogP contribution in [0.5, 0.6) is 5.75 Å². The summed E-state index contributed by atoms with van der Waals surface area (Å²) in [7, 11) is 0. The van der Waals surface area contributed by atoms with Gasteiger partial charge in [0.15, 0.2) is 0 Å². The van der Waals surface area contributed by atoms with Crippen molar-refractivity contribution in [2.75, 3.05) is 0 Å². The van der Waals surface area contributed by atoms with E-state index in [4.69, 9.17) is 11.6 Å². The first-order valence-corrected chi connectivity index (χ1v) is 5.30. The van der Waals surface area contributed by atoms with Crippen molar-refractivity contribution in [2.24, 2.45) is 0 Å². The molecule has 0 aliphatic heterocycles. The summed E-state index contributed by atoms with van der Waals surface area (Å²) >= 11 is 6.83. The lowest BCUT2D eigenvalue weighted by molar-refractivity contribution is -0.388. The van der Waals surface area contributed by atoms with Gasteiger partial charge in [0, 0.05) is 22.0 Å². The van der Waals surface area contributed by atoms with Gasteiger partial charge in [-0.3, -0.25) is 10.1 Å². The van der Waals surface area contributed by atoms with E-state index in [1.54, 1.807) is 0 Å². The Bertz CT molecular complexity index is 480. The van der Waals surface area contributed by atoms with Crippen LogP contribution in [0, 0.1) is 10.1 Å². The largest absolute Gasteiger partial charge is 0.475 e. The Morgan fingerprint density at radius 1 is 1.33 bits per heavy atom. The standard InChI is InChI=1S/C8H3BrClF4NO3/c9-7(11,12)8(13,14)18-6-4(10)2-1-3-5(6)15(16)17/h1-3H. The Morgan fingerprint density at radius 3 is 2.33 bits per heavy atom. The third-order valence-electron chi connectivity index (χ3n) is 1.70. The molecule has 0 fully saturated rings. The Balaban J connectivity index is 3.23. The summed E-state index contributed by atoms with van der Waals surface area (Å²) in [4.78, 5) is 4.75. The number of nitro benzene ring substituents is 1. The van der Waals surface area contributed by atoms with Crippen molar-refractivity contribution in [2.45, 2.75) is 10.9 Å². The molecule has 0 atom stereocenters. The maximum atomic E-state index is 12.9. The second-order valence-electron chi connectivity index (χ2n) is 2.96. The fourth-order valence-corrected chi connectivity index (χ4v) is 1.22. The molecule has 0 radical (unpaired) electrons. The van der Waals surface area contributed by atoms with Gasteiger partial charge in [-0.25, -0.2) is 0 Å². The van der Waals surface area contributed by atoms with Crippen molar-refractivity contribution in [3.63, 3.8) is 0 Å². The van der Waals surface area contributed by atoms with E-state index in [9.17, 15) is 27.7 Å².